The summed E-state index contributed by atoms with van der Waals surface area (Å²) < 4.78 is 0. The SMILES string of the molecule is c1ccc(-c2cc(-c3ccccc3)nc(-c3nc4nc5c(ccc6cccnc65)cc4c4ccccc34)n2)cc1. The fraction of sp³-hybridized carbons (Fsp3) is 0. The summed E-state index contributed by atoms with van der Waals surface area (Å²) in [5.41, 5.74) is 6.79. The molecule has 0 amide bonds. The zero-order valence-electron chi connectivity index (χ0n) is 21.4. The highest BCUT2D eigenvalue weighted by molar-refractivity contribution is 6.14. The second-order valence-corrected chi connectivity index (χ2v) is 9.77. The molecule has 4 aromatic heterocycles. The highest BCUT2D eigenvalue weighted by Crippen LogP contribution is 2.35. The van der Waals surface area contributed by atoms with Crippen molar-refractivity contribution in [2.24, 2.45) is 0 Å². The standard InChI is InChI=1S/C35H21N5/c1-3-10-22(11-4-1)29-21-30(23-12-5-2-6-13-23)38-35(37-29)33-27-16-8-7-15-26(27)28-20-25-18-17-24-14-9-19-36-31(24)32(25)39-34(28)40-33/h1-21H. The number of rotatable bonds is 3. The van der Waals surface area contributed by atoms with E-state index in [1.807, 2.05) is 60.7 Å². The van der Waals surface area contributed by atoms with E-state index in [9.17, 15) is 0 Å². The highest BCUT2D eigenvalue weighted by atomic mass is 15.0. The quantitative estimate of drug-likeness (QED) is 0.176. The van der Waals surface area contributed by atoms with Crippen LogP contribution >= 0.6 is 0 Å². The lowest BCUT2D eigenvalue weighted by Crippen LogP contribution is -2.00. The summed E-state index contributed by atoms with van der Waals surface area (Å²) in [6.45, 7) is 0. The lowest BCUT2D eigenvalue weighted by Gasteiger charge is -2.12. The summed E-state index contributed by atoms with van der Waals surface area (Å²) in [4.78, 5) is 25.0. The smallest absolute Gasteiger partial charge is 0.180 e. The van der Waals surface area contributed by atoms with Crippen molar-refractivity contribution in [2.45, 2.75) is 0 Å². The summed E-state index contributed by atoms with van der Waals surface area (Å²) in [5.74, 6) is 0.566. The number of pyridine rings is 3. The molecule has 5 heteroatoms. The van der Waals surface area contributed by atoms with Gasteiger partial charge in [0, 0.05) is 38.9 Å². The van der Waals surface area contributed by atoms with Crippen molar-refractivity contribution in [3.63, 3.8) is 0 Å². The van der Waals surface area contributed by atoms with Crippen LogP contribution in [0.3, 0.4) is 0 Å². The van der Waals surface area contributed by atoms with Gasteiger partial charge in [-0.25, -0.2) is 19.9 Å². The maximum absolute atomic E-state index is 5.14. The van der Waals surface area contributed by atoms with Gasteiger partial charge in [-0.05, 0) is 23.6 Å². The normalized spacial score (nSPS) is 11.5. The largest absolute Gasteiger partial charge is 0.254 e. The number of nitrogens with zero attached hydrogens (tertiary/aromatic N) is 5. The van der Waals surface area contributed by atoms with Crippen molar-refractivity contribution in [3.05, 3.63) is 128 Å². The van der Waals surface area contributed by atoms with Crippen LogP contribution in [0.25, 0.3) is 77.6 Å². The molecule has 0 aliphatic carbocycles. The van der Waals surface area contributed by atoms with Crippen molar-refractivity contribution in [3.8, 4) is 34.0 Å². The molecule has 186 valence electrons. The molecule has 8 rings (SSSR count). The minimum Gasteiger partial charge on any atom is -0.254 e. The van der Waals surface area contributed by atoms with E-state index in [4.69, 9.17) is 19.9 Å². The summed E-state index contributed by atoms with van der Waals surface area (Å²) in [6.07, 6.45) is 1.81. The zero-order chi connectivity index (χ0) is 26.5. The summed E-state index contributed by atoms with van der Waals surface area (Å²) >= 11 is 0. The number of benzene rings is 4. The van der Waals surface area contributed by atoms with E-state index >= 15 is 0 Å². The average molecular weight is 512 g/mol. The lowest BCUT2D eigenvalue weighted by molar-refractivity contribution is 1.16. The Labute approximate surface area is 229 Å². The molecule has 0 fully saturated rings. The first-order chi connectivity index (χ1) is 19.8. The van der Waals surface area contributed by atoms with Crippen LogP contribution < -0.4 is 0 Å². The van der Waals surface area contributed by atoms with Gasteiger partial charge < -0.3 is 0 Å². The number of hydrogen-bond donors (Lipinski definition) is 0. The fourth-order valence-corrected chi connectivity index (χ4v) is 5.38. The maximum Gasteiger partial charge on any atom is 0.180 e. The molecular formula is C35H21N5. The summed E-state index contributed by atoms with van der Waals surface area (Å²) in [5, 5.41) is 5.12. The Bertz CT molecular complexity index is 2150. The molecule has 0 saturated heterocycles. The minimum absolute atomic E-state index is 0.566. The van der Waals surface area contributed by atoms with Crippen molar-refractivity contribution in [2.75, 3.05) is 0 Å². The van der Waals surface area contributed by atoms with E-state index in [1.165, 1.54) is 0 Å². The molecule has 0 radical (unpaired) electrons. The third-order valence-corrected chi connectivity index (χ3v) is 7.30. The number of aromatic nitrogens is 5. The van der Waals surface area contributed by atoms with E-state index in [0.717, 1.165) is 60.5 Å². The van der Waals surface area contributed by atoms with Gasteiger partial charge >= 0.3 is 0 Å². The van der Waals surface area contributed by atoms with Gasteiger partial charge in [0.2, 0.25) is 0 Å². The van der Waals surface area contributed by atoms with Crippen molar-refractivity contribution < 1.29 is 0 Å². The van der Waals surface area contributed by atoms with Gasteiger partial charge in [0.1, 0.15) is 5.69 Å². The van der Waals surface area contributed by atoms with Crippen LogP contribution in [0.4, 0.5) is 0 Å². The van der Waals surface area contributed by atoms with Gasteiger partial charge in [0.25, 0.3) is 0 Å². The third-order valence-electron chi connectivity index (χ3n) is 7.30. The molecule has 0 bridgehead atoms. The Morgan fingerprint density at radius 1 is 0.425 bits per heavy atom. The Morgan fingerprint density at radius 2 is 1.07 bits per heavy atom. The Balaban J connectivity index is 1.45. The van der Waals surface area contributed by atoms with Crippen molar-refractivity contribution in [1.82, 2.24) is 24.9 Å². The van der Waals surface area contributed by atoms with Crippen molar-refractivity contribution >= 4 is 43.6 Å². The van der Waals surface area contributed by atoms with Crippen LogP contribution in [-0.4, -0.2) is 24.9 Å². The molecule has 0 atom stereocenters. The lowest BCUT2D eigenvalue weighted by atomic mass is 10.0. The van der Waals surface area contributed by atoms with Crippen molar-refractivity contribution in [1.29, 1.82) is 0 Å². The molecule has 0 spiro atoms. The molecule has 40 heavy (non-hydrogen) atoms. The van der Waals surface area contributed by atoms with Crippen LogP contribution in [0.2, 0.25) is 0 Å². The van der Waals surface area contributed by atoms with E-state index in [2.05, 4.69) is 65.6 Å². The van der Waals surface area contributed by atoms with E-state index in [0.29, 0.717) is 17.2 Å². The first kappa shape index (κ1) is 22.4. The second-order valence-electron chi connectivity index (χ2n) is 9.77. The molecule has 0 N–H and O–H groups in total. The molecule has 0 aliphatic heterocycles. The molecule has 0 aliphatic rings. The molecular weight excluding hydrogens is 490 g/mol. The fourth-order valence-electron chi connectivity index (χ4n) is 5.38. The van der Waals surface area contributed by atoms with Gasteiger partial charge in [-0.1, -0.05) is 103 Å². The molecule has 0 unspecified atom stereocenters. The van der Waals surface area contributed by atoms with Gasteiger partial charge in [-0.3, -0.25) is 4.98 Å². The van der Waals surface area contributed by atoms with Crippen LogP contribution in [0, 0.1) is 0 Å². The van der Waals surface area contributed by atoms with Crippen LogP contribution in [-0.2, 0) is 0 Å². The van der Waals surface area contributed by atoms with Gasteiger partial charge in [0.15, 0.2) is 11.5 Å². The van der Waals surface area contributed by atoms with Crippen LogP contribution in [0.15, 0.2) is 128 Å². The third kappa shape index (κ3) is 3.68. The highest BCUT2D eigenvalue weighted by Gasteiger charge is 2.17. The number of hydrogen-bond acceptors (Lipinski definition) is 5. The van der Waals surface area contributed by atoms with Gasteiger partial charge in [0.05, 0.1) is 22.4 Å². The Hall–Kier alpha value is -5.55. The molecule has 4 heterocycles. The van der Waals surface area contributed by atoms with E-state index < -0.39 is 0 Å². The predicted molar refractivity (Wildman–Crippen MR) is 162 cm³/mol. The van der Waals surface area contributed by atoms with Crippen LogP contribution in [0.5, 0.6) is 0 Å². The van der Waals surface area contributed by atoms with E-state index in [1.54, 1.807) is 6.20 Å². The Morgan fingerprint density at radius 3 is 1.80 bits per heavy atom. The summed E-state index contributed by atoms with van der Waals surface area (Å²) in [6, 6.07) is 41.1. The topological polar surface area (TPSA) is 64.5 Å². The average Bonchev–Trinajstić information content (AvgIpc) is 3.04. The van der Waals surface area contributed by atoms with Gasteiger partial charge in [-0.2, -0.15) is 0 Å². The zero-order valence-corrected chi connectivity index (χ0v) is 21.4. The predicted octanol–water partition coefficient (Wildman–Crippen LogP) is 8.28. The monoisotopic (exact) mass is 511 g/mol. The van der Waals surface area contributed by atoms with Gasteiger partial charge in [-0.15, -0.1) is 0 Å². The maximum atomic E-state index is 5.14. The van der Waals surface area contributed by atoms with E-state index in [-0.39, 0.29) is 0 Å². The second kappa shape index (κ2) is 9.03. The molecule has 5 nitrogen and oxygen atoms in total. The first-order valence-corrected chi connectivity index (χ1v) is 13.2. The first-order valence-electron chi connectivity index (χ1n) is 13.2. The molecule has 4 aromatic carbocycles. The van der Waals surface area contributed by atoms with Crippen LogP contribution in [0.1, 0.15) is 0 Å². The number of fused-ring (bicyclic) bond motifs is 6. The minimum atomic E-state index is 0.566. The Kier molecular flexibility index (Phi) is 5.07. The molecule has 0 saturated carbocycles. The molecule has 8 aromatic rings. The summed E-state index contributed by atoms with van der Waals surface area (Å²) in [7, 11) is 0.